The Morgan fingerprint density at radius 2 is 1.86 bits per heavy atom. The van der Waals surface area contributed by atoms with Gasteiger partial charge in [0.2, 0.25) is 0 Å². The summed E-state index contributed by atoms with van der Waals surface area (Å²) in [5, 5.41) is 11.2. The van der Waals surface area contributed by atoms with E-state index in [4.69, 9.17) is 27.9 Å². The van der Waals surface area contributed by atoms with E-state index in [-0.39, 0.29) is 21.5 Å². The smallest absolute Gasteiger partial charge is 0.336 e. The van der Waals surface area contributed by atoms with Gasteiger partial charge < -0.3 is 4.74 Å². The molecular weight excluding hydrogens is 329 g/mol. The Kier molecular flexibility index (Phi) is 5.14. The van der Waals surface area contributed by atoms with Gasteiger partial charge in [0.15, 0.2) is 5.75 Å². The summed E-state index contributed by atoms with van der Waals surface area (Å²) in [7, 11) is 0. The van der Waals surface area contributed by atoms with Crippen molar-refractivity contribution in [3.8, 4) is 5.75 Å². The number of nitro groups is 1. The molecule has 0 saturated heterocycles. The minimum absolute atomic E-state index is 0.104. The van der Waals surface area contributed by atoms with Crippen molar-refractivity contribution in [1.29, 1.82) is 0 Å². The Balaban J connectivity index is 2.16. The summed E-state index contributed by atoms with van der Waals surface area (Å²) in [6, 6.07) is 10.7. The Hall–Kier alpha value is -2.37. The van der Waals surface area contributed by atoms with Crippen LogP contribution in [0.3, 0.4) is 0 Å². The molecule has 0 aliphatic heterocycles. The molecular formula is C15H9Cl2NO4. The summed E-state index contributed by atoms with van der Waals surface area (Å²) in [4.78, 5) is 22.1. The van der Waals surface area contributed by atoms with Gasteiger partial charge in [-0.1, -0.05) is 41.4 Å². The number of esters is 1. The van der Waals surface area contributed by atoms with Crippen molar-refractivity contribution in [1.82, 2.24) is 0 Å². The molecule has 0 unspecified atom stereocenters. The van der Waals surface area contributed by atoms with Gasteiger partial charge in [-0.05, 0) is 24.3 Å². The molecule has 2 rings (SSSR count). The average Bonchev–Trinajstić information content (AvgIpc) is 2.50. The highest BCUT2D eigenvalue weighted by molar-refractivity contribution is 6.43. The van der Waals surface area contributed by atoms with E-state index >= 15 is 0 Å². The number of carbonyl (C=O) groups is 1. The summed E-state index contributed by atoms with van der Waals surface area (Å²) >= 11 is 11.7. The number of nitro benzene ring substituents is 1. The van der Waals surface area contributed by atoms with Crippen LogP contribution in [0.15, 0.2) is 48.5 Å². The highest BCUT2D eigenvalue weighted by Crippen LogP contribution is 2.31. The van der Waals surface area contributed by atoms with Gasteiger partial charge in [-0.15, -0.1) is 0 Å². The summed E-state index contributed by atoms with van der Waals surface area (Å²) < 4.78 is 5.04. The predicted octanol–water partition coefficient (Wildman–Crippen LogP) is 4.52. The molecule has 2 aromatic rings. The molecule has 0 radical (unpaired) electrons. The van der Waals surface area contributed by atoms with Crippen LogP contribution >= 0.6 is 23.2 Å². The normalized spacial score (nSPS) is 10.6. The largest absolute Gasteiger partial charge is 0.422 e. The first-order chi connectivity index (χ1) is 10.5. The molecule has 0 bridgehead atoms. The third kappa shape index (κ3) is 3.84. The van der Waals surface area contributed by atoms with Gasteiger partial charge in [0.05, 0.1) is 15.5 Å². The molecule has 0 heterocycles. The van der Waals surface area contributed by atoms with E-state index in [1.54, 1.807) is 24.3 Å². The topological polar surface area (TPSA) is 69.4 Å². The standard InChI is InChI=1S/C15H9Cl2NO4/c16-11-5-3-7-13(15(11)17)22-14(19)9-8-10-4-1-2-6-12(10)18(20)21/h1-9H/b9-8+. The van der Waals surface area contributed by atoms with Crippen LogP contribution < -0.4 is 4.74 Å². The van der Waals surface area contributed by atoms with E-state index in [0.717, 1.165) is 6.08 Å². The van der Waals surface area contributed by atoms with Crippen LogP contribution in [0.1, 0.15) is 5.56 Å². The van der Waals surface area contributed by atoms with Crippen molar-refractivity contribution >= 4 is 40.9 Å². The summed E-state index contributed by atoms with van der Waals surface area (Å²) in [6.07, 6.45) is 2.39. The highest BCUT2D eigenvalue weighted by atomic mass is 35.5. The first kappa shape index (κ1) is 16.0. The molecule has 0 aromatic heterocycles. The zero-order chi connectivity index (χ0) is 16.1. The molecule has 22 heavy (non-hydrogen) atoms. The third-order valence-electron chi connectivity index (χ3n) is 2.66. The molecule has 112 valence electrons. The Morgan fingerprint density at radius 1 is 1.14 bits per heavy atom. The quantitative estimate of drug-likeness (QED) is 0.270. The molecule has 2 aromatic carbocycles. The molecule has 0 amide bonds. The molecule has 0 N–H and O–H groups in total. The molecule has 0 atom stereocenters. The molecule has 7 heteroatoms. The second-order valence-electron chi connectivity index (χ2n) is 4.12. The lowest BCUT2D eigenvalue weighted by Crippen LogP contribution is -2.04. The van der Waals surface area contributed by atoms with Gasteiger partial charge in [0, 0.05) is 12.1 Å². The van der Waals surface area contributed by atoms with Crippen LogP contribution in [0.4, 0.5) is 5.69 Å². The number of ether oxygens (including phenoxy) is 1. The lowest BCUT2D eigenvalue weighted by atomic mass is 10.1. The molecule has 5 nitrogen and oxygen atoms in total. The molecule has 0 aliphatic rings. The van der Waals surface area contributed by atoms with Gasteiger partial charge >= 0.3 is 5.97 Å². The molecule has 0 saturated carbocycles. The van der Waals surface area contributed by atoms with Gasteiger partial charge in [0.25, 0.3) is 5.69 Å². The third-order valence-corrected chi connectivity index (χ3v) is 3.46. The fourth-order valence-corrected chi connectivity index (χ4v) is 1.99. The summed E-state index contributed by atoms with van der Waals surface area (Å²) in [6.45, 7) is 0. The number of nitrogens with zero attached hydrogens (tertiary/aromatic N) is 1. The van der Waals surface area contributed by atoms with E-state index in [0.29, 0.717) is 5.56 Å². The fraction of sp³-hybridized carbons (Fsp3) is 0. The maximum Gasteiger partial charge on any atom is 0.336 e. The Labute approximate surface area is 135 Å². The second kappa shape index (κ2) is 7.06. The van der Waals surface area contributed by atoms with Crippen molar-refractivity contribution in [2.24, 2.45) is 0 Å². The first-order valence-electron chi connectivity index (χ1n) is 6.06. The number of hydrogen-bond acceptors (Lipinski definition) is 4. The number of halogens is 2. The fourth-order valence-electron chi connectivity index (χ4n) is 1.66. The predicted molar refractivity (Wildman–Crippen MR) is 84.2 cm³/mol. The van der Waals surface area contributed by atoms with Crippen molar-refractivity contribution in [3.05, 3.63) is 74.3 Å². The van der Waals surface area contributed by atoms with Crippen LogP contribution in [-0.4, -0.2) is 10.9 Å². The zero-order valence-corrected chi connectivity index (χ0v) is 12.5. The molecule has 0 fully saturated rings. The van der Waals surface area contributed by atoms with E-state index in [1.165, 1.54) is 24.3 Å². The van der Waals surface area contributed by atoms with Gasteiger partial charge in [-0.3, -0.25) is 10.1 Å². The number of carbonyl (C=O) groups excluding carboxylic acids is 1. The van der Waals surface area contributed by atoms with E-state index < -0.39 is 10.9 Å². The minimum atomic E-state index is -0.720. The molecule has 0 spiro atoms. The Bertz CT molecular complexity index is 759. The Morgan fingerprint density at radius 3 is 2.59 bits per heavy atom. The van der Waals surface area contributed by atoms with Crippen LogP contribution in [0.25, 0.3) is 6.08 Å². The monoisotopic (exact) mass is 337 g/mol. The lowest BCUT2D eigenvalue weighted by Gasteiger charge is -2.04. The van der Waals surface area contributed by atoms with Crippen LogP contribution in [0.2, 0.25) is 10.0 Å². The summed E-state index contributed by atoms with van der Waals surface area (Å²) in [5.41, 5.74) is 0.189. The zero-order valence-electron chi connectivity index (χ0n) is 11.0. The second-order valence-corrected chi connectivity index (χ2v) is 4.91. The van der Waals surface area contributed by atoms with E-state index in [9.17, 15) is 14.9 Å². The van der Waals surface area contributed by atoms with Gasteiger partial charge in [-0.25, -0.2) is 4.79 Å². The van der Waals surface area contributed by atoms with Crippen LogP contribution in [0, 0.1) is 10.1 Å². The van der Waals surface area contributed by atoms with Crippen molar-refractivity contribution in [2.45, 2.75) is 0 Å². The number of para-hydroxylation sites is 1. The van der Waals surface area contributed by atoms with Crippen molar-refractivity contribution < 1.29 is 14.5 Å². The minimum Gasteiger partial charge on any atom is -0.422 e. The first-order valence-corrected chi connectivity index (χ1v) is 6.82. The van der Waals surface area contributed by atoms with Crippen molar-refractivity contribution in [3.63, 3.8) is 0 Å². The molecule has 0 aliphatic carbocycles. The van der Waals surface area contributed by atoms with Gasteiger partial charge in [0.1, 0.15) is 5.02 Å². The lowest BCUT2D eigenvalue weighted by molar-refractivity contribution is -0.385. The van der Waals surface area contributed by atoms with Crippen LogP contribution in [-0.2, 0) is 4.79 Å². The van der Waals surface area contributed by atoms with Crippen LogP contribution in [0.5, 0.6) is 5.75 Å². The number of hydrogen-bond donors (Lipinski definition) is 0. The number of benzene rings is 2. The maximum absolute atomic E-state index is 11.7. The number of rotatable bonds is 4. The van der Waals surface area contributed by atoms with Crippen molar-refractivity contribution in [2.75, 3.05) is 0 Å². The maximum atomic E-state index is 11.7. The SMILES string of the molecule is O=C(/C=C/c1ccccc1[N+](=O)[O-])Oc1cccc(Cl)c1Cl. The summed E-state index contributed by atoms with van der Waals surface area (Å²) in [5.74, 6) is -0.603. The van der Waals surface area contributed by atoms with E-state index in [2.05, 4.69) is 0 Å². The highest BCUT2D eigenvalue weighted by Gasteiger charge is 2.11. The average molecular weight is 338 g/mol. The van der Waals surface area contributed by atoms with E-state index in [1.807, 2.05) is 0 Å². The van der Waals surface area contributed by atoms with Gasteiger partial charge in [-0.2, -0.15) is 0 Å².